The molecule has 0 aliphatic heterocycles. The maximum Gasteiger partial charge on any atom is 0.189 e. The van der Waals surface area contributed by atoms with Crippen molar-refractivity contribution in [2.45, 2.75) is 76.4 Å². The van der Waals surface area contributed by atoms with Gasteiger partial charge >= 0.3 is 0 Å². The van der Waals surface area contributed by atoms with E-state index in [1.165, 1.54) is 49.8 Å². The molecule has 0 amide bonds. The van der Waals surface area contributed by atoms with E-state index in [2.05, 4.69) is 30.4 Å². The number of anilines is 1. The molecule has 1 aromatic heterocycles. The molecule has 0 aromatic carbocycles. The number of thioether (sulfide) groups is 1. The van der Waals surface area contributed by atoms with Crippen LogP contribution in [0.1, 0.15) is 63.6 Å². The number of aryl methyl sites for hydroxylation is 1. The zero-order valence-electron chi connectivity index (χ0n) is 13.0. The summed E-state index contributed by atoms with van der Waals surface area (Å²) in [5.41, 5.74) is 2.65. The van der Waals surface area contributed by atoms with Crippen molar-refractivity contribution in [2.75, 3.05) is 11.6 Å². The summed E-state index contributed by atoms with van der Waals surface area (Å²) >= 11 is 1.64. The molecule has 1 aromatic rings. The summed E-state index contributed by atoms with van der Waals surface area (Å²) in [6.07, 6.45) is 12.0. The fraction of sp³-hybridized carbons (Fsp3) is 0.750. The van der Waals surface area contributed by atoms with Gasteiger partial charge in [0.2, 0.25) is 0 Å². The lowest BCUT2D eigenvalue weighted by molar-refractivity contribution is 0.606. The molecule has 1 aliphatic carbocycles. The van der Waals surface area contributed by atoms with Gasteiger partial charge in [0.1, 0.15) is 5.82 Å². The Kier molecular flexibility index (Phi) is 6.14. The summed E-state index contributed by atoms with van der Waals surface area (Å²) in [6.45, 7) is 4.52. The van der Waals surface area contributed by atoms with E-state index in [0.29, 0.717) is 6.04 Å². The van der Waals surface area contributed by atoms with Crippen molar-refractivity contribution in [3.8, 4) is 0 Å². The van der Waals surface area contributed by atoms with E-state index in [0.717, 1.165) is 23.8 Å². The molecule has 0 bridgehead atoms. The maximum absolute atomic E-state index is 4.71. The van der Waals surface area contributed by atoms with Gasteiger partial charge in [0.25, 0.3) is 0 Å². The minimum Gasteiger partial charge on any atom is -0.367 e. The van der Waals surface area contributed by atoms with E-state index in [-0.39, 0.29) is 0 Å². The highest BCUT2D eigenvalue weighted by Gasteiger charge is 2.18. The van der Waals surface area contributed by atoms with Crippen molar-refractivity contribution in [1.82, 2.24) is 9.97 Å². The molecule has 0 fully saturated rings. The lowest BCUT2D eigenvalue weighted by Gasteiger charge is -2.22. The molecule has 20 heavy (non-hydrogen) atoms. The van der Waals surface area contributed by atoms with E-state index in [1.54, 1.807) is 11.8 Å². The van der Waals surface area contributed by atoms with E-state index >= 15 is 0 Å². The molecule has 1 N–H and O–H groups in total. The first-order valence-electron chi connectivity index (χ1n) is 7.95. The zero-order chi connectivity index (χ0) is 14.4. The highest BCUT2D eigenvalue weighted by molar-refractivity contribution is 7.98. The Bertz CT molecular complexity index is 434. The zero-order valence-corrected chi connectivity index (χ0v) is 13.9. The van der Waals surface area contributed by atoms with Crippen molar-refractivity contribution in [2.24, 2.45) is 0 Å². The molecular weight excluding hydrogens is 266 g/mol. The second kappa shape index (κ2) is 7.87. The summed E-state index contributed by atoms with van der Waals surface area (Å²) < 4.78 is 0. The molecule has 1 atom stereocenters. The number of unbranched alkanes of at least 4 members (excludes halogenated alkanes) is 2. The number of hydrogen-bond donors (Lipinski definition) is 1. The van der Waals surface area contributed by atoms with Gasteiger partial charge in [0.15, 0.2) is 5.16 Å². The van der Waals surface area contributed by atoms with Gasteiger partial charge in [-0.25, -0.2) is 9.97 Å². The van der Waals surface area contributed by atoms with Gasteiger partial charge in [-0.3, -0.25) is 0 Å². The molecule has 0 spiro atoms. The molecule has 1 aliphatic rings. The third-order valence-corrected chi connectivity index (χ3v) is 4.52. The highest BCUT2D eigenvalue weighted by Crippen LogP contribution is 2.28. The Morgan fingerprint density at radius 3 is 2.75 bits per heavy atom. The number of rotatable bonds is 7. The molecule has 3 nitrogen and oxygen atoms in total. The summed E-state index contributed by atoms with van der Waals surface area (Å²) in [5.74, 6) is 1.10. The van der Waals surface area contributed by atoms with Gasteiger partial charge in [-0.05, 0) is 45.3 Å². The molecule has 0 radical (unpaired) electrons. The van der Waals surface area contributed by atoms with Crippen molar-refractivity contribution >= 4 is 17.6 Å². The fourth-order valence-electron chi connectivity index (χ4n) is 2.79. The Hall–Kier alpha value is -0.770. The van der Waals surface area contributed by atoms with Crippen LogP contribution in [0.25, 0.3) is 0 Å². The van der Waals surface area contributed by atoms with Crippen LogP contribution in [0.2, 0.25) is 0 Å². The summed E-state index contributed by atoms with van der Waals surface area (Å²) in [7, 11) is 0. The molecule has 0 saturated carbocycles. The van der Waals surface area contributed by atoms with Crippen molar-refractivity contribution in [3.63, 3.8) is 0 Å². The van der Waals surface area contributed by atoms with Gasteiger partial charge in [0, 0.05) is 11.6 Å². The molecule has 1 unspecified atom stereocenters. The first-order chi connectivity index (χ1) is 9.74. The van der Waals surface area contributed by atoms with Crippen LogP contribution in [0.3, 0.4) is 0 Å². The number of nitrogens with one attached hydrogen (secondary N) is 1. The summed E-state index contributed by atoms with van der Waals surface area (Å²) in [6, 6.07) is 0.497. The minimum absolute atomic E-state index is 0.497. The second-order valence-corrected chi connectivity index (χ2v) is 6.51. The van der Waals surface area contributed by atoms with Crippen molar-refractivity contribution in [1.29, 1.82) is 0 Å². The Balaban J connectivity index is 2.09. The average molecular weight is 293 g/mol. The lowest BCUT2D eigenvalue weighted by Crippen LogP contribution is -2.20. The average Bonchev–Trinajstić information content (AvgIpc) is 2.47. The SMILES string of the molecule is CCCCCC(C)Nc1nc(SC)nc2c1CCCC2. The lowest BCUT2D eigenvalue weighted by atomic mass is 9.96. The van der Waals surface area contributed by atoms with Crippen LogP contribution >= 0.6 is 11.8 Å². The predicted octanol–water partition coefficient (Wildman–Crippen LogP) is 4.46. The smallest absolute Gasteiger partial charge is 0.189 e. The van der Waals surface area contributed by atoms with Crippen LogP contribution in [0.4, 0.5) is 5.82 Å². The van der Waals surface area contributed by atoms with Gasteiger partial charge in [-0.2, -0.15) is 0 Å². The normalized spacial score (nSPS) is 15.8. The number of aromatic nitrogens is 2. The van der Waals surface area contributed by atoms with Crippen molar-refractivity contribution in [3.05, 3.63) is 11.3 Å². The van der Waals surface area contributed by atoms with E-state index in [1.807, 2.05) is 0 Å². The van der Waals surface area contributed by atoms with E-state index < -0.39 is 0 Å². The minimum atomic E-state index is 0.497. The first-order valence-corrected chi connectivity index (χ1v) is 9.17. The first kappa shape index (κ1) is 15.6. The van der Waals surface area contributed by atoms with Gasteiger partial charge in [-0.1, -0.05) is 37.9 Å². The molecule has 4 heteroatoms. The molecule has 1 heterocycles. The van der Waals surface area contributed by atoms with Crippen LogP contribution in [-0.2, 0) is 12.8 Å². The van der Waals surface area contributed by atoms with E-state index in [9.17, 15) is 0 Å². The van der Waals surface area contributed by atoms with Crippen molar-refractivity contribution < 1.29 is 0 Å². The van der Waals surface area contributed by atoms with Crippen LogP contribution in [0, 0.1) is 0 Å². The van der Waals surface area contributed by atoms with Gasteiger partial charge in [0.05, 0.1) is 5.69 Å². The van der Waals surface area contributed by atoms with Gasteiger partial charge in [-0.15, -0.1) is 0 Å². The standard InChI is InChI=1S/C16H27N3S/c1-4-5-6-9-12(2)17-15-13-10-7-8-11-14(13)18-16(19-15)20-3/h12H,4-11H2,1-3H3,(H,17,18,19). The Morgan fingerprint density at radius 2 is 2.00 bits per heavy atom. The van der Waals surface area contributed by atoms with Crippen LogP contribution < -0.4 is 5.32 Å². The van der Waals surface area contributed by atoms with Gasteiger partial charge < -0.3 is 5.32 Å². The van der Waals surface area contributed by atoms with Crippen LogP contribution in [0.5, 0.6) is 0 Å². The molecule has 0 saturated heterocycles. The molecule has 2 rings (SSSR count). The third kappa shape index (κ3) is 4.11. The fourth-order valence-corrected chi connectivity index (χ4v) is 3.17. The highest BCUT2D eigenvalue weighted by atomic mass is 32.2. The monoisotopic (exact) mass is 293 g/mol. The van der Waals surface area contributed by atoms with E-state index in [4.69, 9.17) is 4.98 Å². The number of nitrogens with zero attached hydrogens (tertiary/aromatic N) is 2. The molecule has 112 valence electrons. The third-order valence-electron chi connectivity index (χ3n) is 3.97. The van der Waals surface area contributed by atoms with Crippen LogP contribution in [0.15, 0.2) is 5.16 Å². The number of hydrogen-bond acceptors (Lipinski definition) is 4. The largest absolute Gasteiger partial charge is 0.367 e. The topological polar surface area (TPSA) is 37.8 Å². The second-order valence-electron chi connectivity index (χ2n) is 5.73. The van der Waals surface area contributed by atoms with Crippen LogP contribution in [-0.4, -0.2) is 22.3 Å². The Morgan fingerprint density at radius 1 is 1.20 bits per heavy atom. The number of fused-ring (bicyclic) bond motifs is 1. The molecular formula is C16H27N3S. The Labute approximate surface area is 127 Å². The summed E-state index contributed by atoms with van der Waals surface area (Å²) in [5, 5.41) is 4.55. The maximum atomic E-state index is 4.71. The quantitative estimate of drug-likeness (QED) is 0.457. The predicted molar refractivity (Wildman–Crippen MR) is 87.7 cm³/mol. The summed E-state index contributed by atoms with van der Waals surface area (Å²) in [4.78, 5) is 9.40.